The van der Waals surface area contributed by atoms with Crippen molar-refractivity contribution < 1.29 is 32.5 Å². The third kappa shape index (κ3) is 5.96. The van der Waals surface area contributed by atoms with Crippen LogP contribution < -0.4 is 34.3 Å². The maximum atomic E-state index is 12.8. The molecular formula is C21H24F2IN3O5. The molecule has 0 saturated carbocycles. The maximum Gasteiger partial charge on any atom is 0.387 e. The number of nitrogens with one attached hydrogen (secondary N) is 2. The number of halogens is 3. The van der Waals surface area contributed by atoms with Gasteiger partial charge >= 0.3 is 6.61 Å². The van der Waals surface area contributed by atoms with Crippen molar-refractivity contribution in [2.24, 2.45) is 4.99 Å². The van der Waals surface area contributed by atoms with Crippen LogP contribution in [0.4, 0.5) is 8.78 Å². The highest BCUT2D eigenvalue weighted by Gasteiger charge is 2.20. The van der Waals surface area contributed by atoms with Crippen molar-refractivity contribution in [3.05, 3.63) is 41.5 Å². The highest BCUT2D eigenvalue weighted by Crippen LogP contribution is 2.38. The molecule has 0 aromatic heterocycles. The molecule has 4 rings (SSSR count). The van der Waals surface area contributed by atoms with E-state index in [2.05, 4.69) is 20.4 Å². The Morgan fingerprint density at radius 1 is 0.969 bits per heavy atom. The molecule has 0 saturated heterocycles. The number of ether oxygens (including phenoxy) is 5. The van der Waals surface area contributed by atoms with E-state index in [4.69, 9.17) is 18.9 Å². The standard InChI is InChI=1S/C21H23F2N3O5.HI/c1-24-21(25-10-13-3-4-15-17(7-13)28-6-2-5-27-15)26-11-14-8-18-19(30-12-29-18)9-16(14)31-20(22)23;/h3-4,7-9,20H,2,5-6,10-12H2,1H3,(H2,24,25,26);1H. The molecule has 2 aromatic rings. The number of hydrogen-bond donors (Lipinski definition) is 2. The summed E-state index contributed by atoms with van der Waals surface area (Å²) in [7, 11) is 1.62. The van der Waals surface area contributed by atoms with E-state index in [-0.39, 0.29) is 43.1 Å². The molecule has 2 aliphatic heterocycles. The number of hydrogen-bond acceptors (Lipinski definition) is 6. The van der Waals surface area contributed by atoms with E-state index >= 15 is 0 Å². The first-order valence-electron chi connectivity index (χ1n) is 9.83. The van der Waals surface area contributed by atoms with Crippen LogP contribution in [0.25, 0.3) is 0 Å². The molecular weight excluding hydrogens is 539 g/mol. The summed E-state index contributed by atoms with van der Waals surface area (Å²) >= 11 is 0. The van der Waals surface area contributed by atoms with Crippen LogP contribution >= 0.6 is 24.0 Å². The zero-order chi connectivity index (χ0) is 21.6. The molecule has 2 heterocycles. The fourth-order valence-corrected chi connectivity index (χ4v) is 3.21. The second-order valence-corrected chi connectivity index (χ2v) is 6.80. The second-order valence-electron chi connectivity index (χ2n) is 6.80. The van der Waals surface area contributed by atoms with Crippen molar-refractivity contribution in [2.45, 2.75) is 26.1 Å². The number of alkyl halides is 2. The van der Waals surface area contributed by atoms with Crippen LogP contribution in [-0.2, 0) is 13.1 Å². The van der Waals surface area contributed by atoms with E-state index in [9.17, 15) is 8.78 Å². The van der Waals surface area contributed by atoms with Crippen molar-refractivity contribution >= 4 is 29.9 Å². The Morgan fingerprint density at radius 2 is 1.66 bits per heavy atom. The predicted octanol–water partition coefficient (Wildman–Crippen LogP) is 3.66. The van der Waals surface area contributed by atoms with Crippen LogP contribution in [0.5, 0.6) is 28.7 Å². The first kappa shape index (κ1) is 24.0. The first-order chi connectivity index (χ1) is 15.1. The second kappa shape index (κ2) is 11.2. The van der Waals surface area contributed by atoms with Gasteiger partial charge in [0.05, 0.1) is 13.2 Å². The van der Waals surface area contributed by atoms with E-state index in [0.29, 0.717) is 48.5 Å². The summed E-state index contributed by atoms with van der Waals surface area (Å²) in [5.41, 5.74) is 1.47. The summed E-state index contributed by atoms with van der Waals surface area (Å²) in [6.07, 6.45) is 0.843. The van der Waals surface area contributed by atoms with Crippen LogP contribution in [0, 0.1) is 0 Å². The van der Waals surface area contributed by atoms with Gasteiger partial charge in [0.2, 0.25) is 6.79 Å². The molecule has 174 valence electrons. The Bertz CT molecular complexity index is 961. The lowest BCUT2D eigenvalue weighted by atomic mass is 10.1. The fraction of sp³-hybridized carbons (Fsp3) is 0.381. The Hall–Kier alpha value is -2.70. The van der Waals surface area contributed by atoms with Gasteiger partial charge in [-0.1, -0.05) is 6.07 Å². The topological polar surface area (TPSA) is 82.6 Å². The van der Waals surface area contributed by atoms with Gasteiger partial charge in [-0.2, -0.15) is 8.78 Å². The van der Waals surface area contributed by atoms with Gasteiger partial charge in [0.25, 0.3) is 0 Å². The minimum atomic E-state index is -2.95. The molecule has 0 amide bonds. The molecule has 8 nitrogen and oxygen atoms in total. The minimum absolute atomic E-state index is 0. The zero-order valence-electron chi connectivity index (χ0n) is 17.4. The Kier molecular flexibility index (Phi) is 8.42. The molecule has 2 aliphatic rings. The van der Waals surface area contributed by atoms with Gasteiger partial charge in [0.15, 0.2) is 29.0 Å². The van der Waals surface area contributed by atoms with Crippen molar-refractivity contribution in [1.29, 1.82) is 0 Å². The van der Waals surface area contributed by atoms with Gasteiger partial charge in [-0.25, -0.2) is 0 Å². The molecule has 0 unspecified atom stereocenters. The Labute approximate surface area is 201 Å². The van der Waals surface area contributed by atoms with E-state index < -0.39 is 6.61 Å². The first-order valence-corrected chi connectivity index (χ1v) is 9.83. The molecule has 0 radical (unpaired) electrons. The number of fused-ring (bicyclic) bond motifs is 2. The lowest BCUT2D eigenvalue weighted by molar-refractivity contribution is -0.0505. The molecule has 0 atom stereocenters. The average molecular weight is 563 g/mol. The highest BCUT2D eigenvalue weighted by molar-refractivity contribution is 14.0. The van der Waals surface area contributed by atoms with Gasteiger partial charge in [-0.3, -0.25) is 4.99 Å². The van der Waals surface area contributed by atoms with Gasteiger partial charge in [-0.15, -0.1) is 24.0 Å². The largest absolute Gasteiger partial charge is 0.490 e. The minimum Gasteiger partial charge on any atom is -0.490 e. The number of aliphatic imine (C=N–C) groups is 1. The lowest BCUT2D eigenvalue weighted by Crippen LogP contribution is -2.36. The maximum absolute atomic E-state index is 12.8. The summed E-state index contributed by atoms with van der Waals surface area (Å²) in [6, 6.07) is 8.77. The SMILES string of the molecule is CN=C(NCc1ccc2c(c1)OCCCO2)NCc1cc2c(cc1OC(F)F)OCO2.I. The molecule has 2 aromatic carbocycles. The van der Waals surface area contributed by atoms with Gasteiger partial charge in [0.1, 0.15) is 5.75 Å². The highest BCUT2D eigenvalue weighted by atomic mass is 127. The van der Waals surface area contributed by atoms with Gasteiger partial charge in [-0.05, 0) is 23.8 Å². The van der Waals surface area contributed by atoms with Crippen molar-refractivity contribution in [2.75, 3.05) is 27.1 Å². The smallest absolute Gasteiger partial charge is 0.387 e. The molecule has 32 heavy (non-hydrogen) atoms. The fourth-order valence-electron chi connectivity index (χ4n) is 3.21. The Morgan fingerprint density at radius 3 is 2.41 bits per heavy atom. The molecule has 2 N–H and O–H groups in total. The van der Waals surface area contributed by atoms with Gasteiger partial charge < -0.3 is 34.3 Å². The predicted molar refractivity (Wildman–Crippen MR) is 124 cm³/mol. The van der Waals surface area contributed by atoms with Crippen molar-refractivity contribution in [1.82, 2.24) is 10.6 Å². The normalized spacial score (nSPS) is 14.4. The van der Waals surface area contributed by atoms with Crippen LogP contribution in [-0.4, -0.2) is 39.6 Å². The van der Waals surface area contributed by atoms with Crippen LogP contribution in [0.1, 0.15) is 17.5 Å². The number of nitrogens with zero attached hydrogens (tertiary/aromatic N) is 1. The number of guanidine groups is 1. The summed E-state index contributed by atoms with van der Waals surface area (Å²) in [4.78, 5) is 4.18. The molecule has 0 bridgehead atoms. The number of rotatable bonds is 6. The van der Waals surface area contributed by atoms with Crippen LogP contribution in [0.2, 0.25) is 0 Å². The number of benzene rings is 2. The molecule has 0 spiro atoms. The van der Waals surface area contributed by atoms with E-state index in [1.54, 1.807) is 13.1 Å². The average Bonchev–Trinajstić information content (AvgIpc) is 3.08. The lowest BCUT2D eigenvalue weighted by Gasteiger charge is -2.16. The summed E-state index contributed by atoms with van der Waals surface area (Å²) < 4.78 is 52.2. The van der Waals surface area contributed by atoms with Crippen molar-refractivity contribution in [3.63, 3.8) is 0 Å². The van der Waals surface area contributed by atoms with Gasteiger partial charge in [0, 0.05) is 38.2 Å². The Balaban J connectivity index is 0.00000289. The van der Waals surface area contributed by atoms with Crippen molar-refractivity contribution in [3.8, 4) is 28.7 Å². The summed E-state index contributed by atoms with van der Waals surface area (Å²) in [5.74, 6) is 2.81. The summed E-state index contributed by atoms with van der Waals surface area (Å²) in [5, 5.41) is 6.28. The third-order valence-corrected chi connectivity index (χ3v) is 4.71. The quantitative estimate of drug-likeness (QED) is 0.316. The van der Waals surface area contributed by atoms with E-state index in [1.165, 1.54) is 6.07 Å². The zero-order valence-corrected chi connectivity index (χ0v) is 19.7. The van der Waals surface area contributed by atoms with E-state index in [1.807, 2.05) is 18.2 Å². The van der Waals surface area contributed by atoms with Crippen LogP contribution in [0.3, 0.4) is 0 Å². The third-order valence-electron chi connectivity index (χ3n) is 4.71. The summed E-state index contributed by atoms with van der Waals surface area (Å²) in [6.45, 7) is -0.976. The molecule has 0 fully saturated rings. The van der Waals surface area contributed by atoms with Crippen LogP contribution in [0.15, 0.2) is 35.3 Å². The molecule has 11 heteroatoms. The monoisotopic (exact) mass is 563 g/mol. The van der Waals surface area contributed by atoms with E-state index in [0.717, 1.165) is 17.7 Å². The molecule has 0 aliphatic carbocycles.